The standard InChI is InChI=1S/C14H22N4O/c1-3-6-16-13(5-4-9-19-2)12-10-17-18-8-7-15-11-14(12)18/h7-8,10-11,13,16H,3-6,9H2,1-2H3. The Morgan fingerprint density at radius 3 is 3.11 bits per heavy atom. The third kappa shape index (κ3) is 3.52. The molecule has 0 bridgehead atoms. The van der Waals surface area contributed by atoms with Crippen molar-refractivity contribution in [3.8, 4) is 0 Å². The third-order valence-electron chi connectivity index (χ3n) is 3.21. The molecular weight excluding hydrogens is 240 g/mol. The summed E-state index contributed by atoms with van der Waals surface area (Å²) in [6.45, 7) is 3.98. The molecule has 104 valence electrons. The van der Waals surface area contributed by atoms with Crippen molar-refractivity contribution in [1.82, 2.24) is 19.9 Å². The molecule has 5 heteroatoms. The lowest BCUT2D eigenvalue weighted by molar-refractivity contribution is 0.189. The Hall–Kier alpha value is -1.46. The van der Waals surface area contributed by atoms with E-state index in [1.807, 2.05) is 23.1 Å². The zero-order chi connectivity index (χ0) is 13.5. The lowest BCUT2D eigenvalue weighted by atomic mass is 10.0. The first-order valence-electron chi connectivity index (χ1n) is 6.86. The van der Waals surface area contributed by atoms with Gasteiger partial charge >= 0.3 is 0 Å². The third-order valence-corrected chi connectivity index (χ3v) is 3.21. The number of hydrogen-bond donors (Lipinski definition) is 1. The second-order valence-electron chi connectivity index (χ2n) is 4.65. The summed E-state index contributed by atoms with van der Waals surface area (Å²) in [6, 6.07) is 0.316. The minimum atomic E-state index is 0.316. The Balaban J connectivity index is 2.15. The summed E-state index contributed by atoms with van der Waals surface area (Å²) in [6.07, 6.45) is 10.7. The van der Waals surface area contributed by atoms with E-state index in [1.165, 1.54) is 5.56 Å². The molecule has 0 aliphatic heterocycles. The minimum absolute atomic E-state index is 0.316. The number of methoxy groups -OCH3 is 1. The molecule has 0 spiro atoms. The van der Waals surface area contributed by atoms with Gasteiger partial charge in [-0.25, -0.2) is 4.52 Å². The van der Waals surface area contributed by atoms with E-state index in [-0.39, 0.29) is 0 Å². The highest BCUT2D eigenvalue weighted by Gasteiger charge is 2.15. The fraction of sp³-hybridized carbons (Fsp3) is 0.571. The van der Waals surface area contributed by atoms with Crippen molar-refractivity contribution < 1.29 is 4.74 Å². The van der Waals surface area contributed by atoms with E-state index < -0.39 is 0 Å². The summed E-state index contributed by atoms with van der Waals surface area (Å²) in [5, 5.41) is 7.97. The molecule has 2 rings (SSSR count). The zero-order valence-corrected chi connectivity index (χ0v) is 11.7. The van der Waals surface area contributed by atoms with E-state index in [1.54, 1.807) is 13.3 Å². The van der Waals surface area contributed by atoms with Crippen LogP contribution in [0.4, 0.5) is 0 Å². The van der Waals surface area contributed by atoms with Crippen LogP contribution in [0.2, 0.25) is 0 Å². The molecule has 2 heterocycles. The van der Waals surface area contributed by atoms with Crippen molar-refractivity contribution in [2.75, 3.05) is 20.3 Å². The lowest BCUT2D eigenvalue weighted by Gasteiger charge is -2.17. The van der Waals surface area contributed by atoms with Gasteiger partial charge in [0.2, 0.25) is 0 Å². The quantitative estimate of drug-likeness (QED) is 0.741. The molecule has 5 nitrogen and oxygen atoms in total. The van der Waals surface area contributed by atoms with E-state index in [9.17, 15) is 0 Å². The molecule has 19 heavy (non-hydrogen) atoms. The molecule has 0 aromatic carbocycles. The van der Waals surface area contributed by atoms with Gasteiger partial charge in [0.05, 0.1) is 17.9 Å². The van der Waals surface area contributed by atoms with Crippen LogP contribution in [0.15, 0.2) is 24.8 Å². The van der Waals surface area contributed by atoms with Gasteiger partial charge in [0.1, 0.15) is 0 Å². The molecule has 1 N–H and O–H groups in total. The molecule has 0 saturated carbocycles. The molecule has 0 radical (unpaired) electrons. The van der Waals surface area contributed by atoms with Crippen LogP contribution in [0.25, 0.3) is 5.52 Å². The van der Waals surface area contributed by atoms with Gasteiger partial charge in [-0.3, -0.25) is 4.98 Å². The first kappa shape index (κ1) is 14.0. The van der Waals surface area contributed by atoms with Crippen LogP contribution in [0.5, 0.6) is 0 Å². The van der Waals surface area contributed by atoms with Crippen LogP contribution in [0.1, 0.15) is 37.8 Å². The molecule has 0 aliphatic rings. The summed E-state index contributed by atoms with van der Waals surface area (Å²) in [5.41, 5.74) is 2.30. The van der Waals surface area contributed by atoms with Gasteiger partial charge < -0.3 is 10.1 Å². The highest BCUT2D eigenvalue weighted by Crippen LogP contribution is 2.22. The van der Waals surface area contributed by atoms with Crippen LogP contribution in [-0.2, 0) is 4.74 Å². The largest absolute Gasteiger partial charge is 0.385 e. The molecule has 1 atom stereocenters. The van der Waals surface area contributed by atoms with Crippen LogP contribution in [-0.4, -0.2) is 34.9 Å². The summed E-state index contributed by atoms with van der Waals surface area (Å²) >= 11 is 0. The molecule has 0 amide bonds. The molecular formula is C14H22N4O. The number of nitrogens with one attached hydrogen (secondary N) is 1. The second-order valence-corrected chi connectivity index (χ2v) is 4.65. The van der Waals surface area contributed by atoms with Gasteiger partial charge in [0.15, 0.2) is 0 Å². The van der Waals surface area contributed by atoms with Crippen molar-refractivity contribution in [3.63, 3.8) is 0 Å². The normalized spacial score (nSPS) is 12.9. The number of aromatic nitrogens is 3. The fourth-order valence-corrected chi connectivity index (χ4v) is 2.24. The predicted molar refractivity (Wildman–Crippen MR) is 75.1 cm³/mol. The minimum Gasteiger partial charge on any atom is -0.385 e. The van der Waals surface area contributed by atoms with Gasteiger partial charge in [0.25, 0.3) is 0 Å². The lowest BCUT2D eigenvalue weighted by Crippen LogP contribution is -2.22. The summed E-state index contributed by atoms with van der Waals surface area (Å²) in [4.78, 5) is 4.19. The Kier molecular flexibility index (Phi) is 5.30. The van der Waals surface area contributed by atoms with Crippen LogP contribution < -0.4 is 5.32 Å². The van der Waals surface area contributed by atoms with Crippen LogP contribution in [0.3, 0.4) is 0 Å². The molecule has 1 unspecified atom stereocenters. The van der Waals surface area contributed by atoms with Crippen molar-refractivity contribution in [3.05, 3.63) is 30.4 Å². The van der Waals surface area contributed by atoms with E-state index >= 15 is 0 Å². The second kappa shape index (κ2) is 7.21. The molecule has 0 aliphatic carbocycles. The Morgan fingerprint density at radius 1 is 1.42 bits per heavy atom. The first-order chi connectivity index (χ1) is 9.36. The number of fused-ring (bicyclic) bond motifs is 1. The smallest absolute Gasteiger partial charge is 0.0892 e. The Morgan fingerprint density at radius 2 is 2.32 bits per heavy atom. The van der Waals surface area contributed by atoms with E-state index in [0.29, 0.717) is 6.04 Å². The van der Waals surface area contributed by atoms with Crippen molar-refractivity contribution in [2.45, 2.75) is 32.2 Å². The highest BCUT2D eigenvalue weighted by molar-refractivity contribution is 5.53. The number of nitrogens with zero attached hydrogens (tertiary/aromatic N) is 3. The molecule has 0 saturated heterocycles. The van der Waals surface area contributed by atoms with E-state index in [2.05, 4.69) is 22.3 Å². The van der Waals surface area contributed by atoms with E-state index in [4.69, 9.17) is 4.74 Å². The summed E-state index contributed by atoms with van der Waals surface area (Å²) < 4.78 is 7.01. The molecule has 2 aromatic heterocycles. The number of hydrogen-bond acceptors (Lipinski definition) is 4. The van der Waals surface area contributed by atoms with Crippen LogP contribution in [0, 0.1) is 0 Å². The average Bonchev–Trinajstić information content (AvgIpc) is 2.87. The van der Waals surface area contributed by atoms with Gasteiger partial charge in [-0.2, -0.15) is 5.10 Å². The predicted octanol–water partition coefficient (Wildman–Crippen LogP) is 2.20. The maximum absolute atomic E-state index is 5.14. The number of rotatable bonds is 8. The van der Waals surface area contributed by atoms with Gasteiger partial charge in [0, 0.05) is 37.7 Å². The Bertz CT molecular complexity index is 497. The molecule has 2 aromatic rings. The van der Waals surface area contributed by atoms with E-state index in [0.717, 1.165) is 37.9 Å². The van der Waals surface area contributed by atoms with Crippen molar-refractivity contribution in [2.24, 2.45) is 0 Å². The van der Waals surface area contributed by atoms with Gasteiger partial charge in [-0.15, -0.1) is 0 Å². The Labute approximate surface area is 114 Å². The SMILES string of the molecule is CCCNC(CCCOC)c1cnn2ccncc12. The maximum Gasteiger partial charge on any atom is 0.0892 e. The molecule has 0 fully saturated rings. The van der Waals surface area contributed by atoms with Crippen LogP contribution >= 0.6 is 0 Å². The van der Waals surface area contributed by atoms with Gasteiger partial charge in [-0.1, -0.05) is 6.92 Å². The monoisotopic (exact) mass is 262 g/mol. The highest BCUT2D eigenvalue weighted by atomic mass is 16.5. The first-order valence-corrected chi connectivity index (χ1v) is 6.86. The number of ether oxygens (including phenoxy) is 1. The summed E-state index contributed by atoms with van der Waals surface area (Å²) in [5.74, 6) is 0. The fourth-order valence-electron chi connectivity index (χ4n) is 2.24. The van der Waals surface area contributed by atoms with Gasteiger partial charge in [-0.05, 0) is 25.8 Å². The maximum atomic E-state index is 5.14. The summed E-state index contributed by atoms with van der Waals surface area (Å²) in [7, 11) is 1.74. The van der Waals surface area contributed by atoms with Crippen molar-refractivity contribution >= 4 is 5.52 Å². The topological polar surface area (TPSA) is 51.5 Å². The van der Waals surface area contributed by atoms with Crippen molar-refractivity contribution in [1.29, 1.82) is 0 Å². The average molecular weight is 262 g/mol. The zero-order valence-electron chi connectivity index (χ0n) is 11.7.